The number of thiophene rings is 1. The second-order valence-electron chi connectivity index (χ2n) is 5.06. The molecular weight excluding hydrogens is 380 g/mol. The zero-order valence-electron chi connectivity index (χ0n) is 13.1. The van der Waals surface area contributed by atoms with Crippen LogP contribution in [0.3, 0.4) is 0 Å². The number of nitrogens with one attached hydrogen (secondary N) is 1. The van der Waals surface area contributed by atoms with Crippen molar-refractivity contribution in [1.29, 1.82) is 0 Å². The fourth-order valence-corrected chi connectivity index (χ4v) is 3.96. The second-order valence-corrected chi connectivity index (χ2v) is 7.12. The van der Waals surface area contributed by atoms with Crippen LogP contribution in [0.15, 0.2) is 21.4 Å². The van der Waals surface area contributed by atoms with Gasteiger partial charge in [0.25, 0.3) is 5.56 Å². The Morgan fingerprint density at radius 2 is 1.87 bits per heavy atom. The third-order valence-corrected chi connectivity index (χ3v) is 5.49. The third-order valence-electron chi connectivity index (χ3n) is 3.77. The number of halogens is 1. The Morgan fingerprint density at radius 3 is 2.52 bits per heavy atom. The summed E-state index contributed by atoms with van der Waals surface area (Å²) in [6.07, 6.45) is 0. The molecule has 0 saturated carbocycles. The average Bonchev–Trinajstić information content (AvgIpc) is 2.82. The number of ether oxygens (including phenoxy) is 2. The molecule has 0 spiro atoms. The van der Waals surface area contributed by atoms with E-state index in [0.29, 0.717) is 28.3 Å². The Balaban J connectivity index is 2.29. The monoisotopic (exact) mass is 394 g/mol. The van der Waals surface area contributed by atoms with E-state index in [-0.39, 0.29) is 5.56 Å². The summed E-state index contributed by atoms with van der Waals surface area (Å²) in [5.74, 6) is 1.71. The summed E-state index contributed by atoms with van der Waals surface area (Å²) >= 11 is 4.97. The predicted molar refractivity (Wildman–Crippen MR) is 96.0 cm³/mol. The molecule has 0 bridgehead atoms. The van der Waals surface area contributed by atoms with Crippen molar-refractivity contribution in [3.8, 4) is 22.9 Å². The first-order valence-corrected chi connectivity index (χ1v) is 8.49. The van der Waals surface area contributed by atoms with Crippen LogP contribution in [0.25, 0.3) is 21.6 Å². The standard InChI is InChI=1S/C16H15BrN2O3S/c1-7-8(2)23-16-13(7)15(20)18-14(19-16)9-5-10(17)12(22-4)6-11(9)21-3/h5-6H,1-4H3,(H,18,19,20). The Labute approximate surface area is 145 Å². The summed E-state index contributed by atoms with van der Waals surface area (Å²) in [6.45, 7) is 3.93. The number of aryl methyl sites for hydroxylation is 2. The molecule has 0 aliphatic carbocycles. The van der Waals surface area contributed by atoms with Crippen LogP contribution in [0.4, 0.5) is 0 Å². The zero-order valence-corrected chi connectivity index (χ0v) is 15.5. The van der Waals surface area contributed by atoms with Crippen LogP contribution in [0.5, 0.6) is 11.5 Å². The van der Waals surface area contributed by atoms with Crippen molar-refractivity contribution in [2.45, 2.75) is 13.8 Å². The molecule has 0 amide bonds. The Kier molecular flexibility index (Phi) is 4.16. The van der Waals surface area contributed by atoms with E-state index in [1.807, 2.05) is 19.9 Å². The molecule has 0 unspecified atom stereocenters. The van der Waals surface area contributed by atoms with Gasteiger partial charge in [0.15, 0.2) is 0 Å². The highest BCUT2D eigenvalue weighted by atomic mass is 79.9. The van der Waals surface area contributed by atoms with E-state index < -0.39 is 0 Å². The van der Waals surface area contributed by atoms with Gasteiger partial charge in [-0.1, -0.05) is 0 Å². The van der Waals surface area contributed by atoms with Gasteiger partial charge in [-0.3, -0.25) is 4.79 Å². The molecule has 7 heteroatoms. The lowest BCUT2D eigenvalue weighted by Crippen LogP contribution is -2.09. The van der Waals surface area contributed by atoms with Gasteiger partial charge in [-0.05, 0) is 41.4 Å². The Bertz CT molecular complexity index is 962. The van der Waals surface area contributed by atoms with Crippen LogP contribution >= 0.6 is 27.3 Å². The first-order chi connectivity index (χ1) is 11.0. The Morgan fingerprint density at radius 1 is 1.17 bits per heavy atom. The molecule has 3 aromatic rings. The van der Waals surface area contributed by atoms with E-state index in [2.05, 4.69) is 25.9 Å². The Hall–Kier alpha value is -1.86. The average molecular weight is 395 g/mol. The minimum atomic E-state index is -0.138. The van der Waals surface area contributed by atoms with Crippen molar-refractivity contribution in [2.75, 3.05) is 14.2 Å². The number of nitrogens with zero attached hydrogens (tertiary/aromatic N) is 1. The normalized spacial score (nSPS) is 11.0. The number of H-pyrrole nitrogens is 1. The molecule has 3 rings (SSSR count). The second kappa shape index (κ2) is 5.98. The molecule has 2 heterocycles. The minimum Gasteiger partial charge on any atom is -0.496 e. The van der Waals surface area contributed by atoms with Gasteiger partial charge in [0, 0.05) is 10.9 Å². The van der Waals surface area contributed by atoms with Crippen LogP contribution in [-0.4, -0.2) is 24.2 Å². The number of fused-ring (bicyclic) bond motifs is 1. The van der Waals surface area contributed by atoms with Crippen molar-refractivity contribution in [3.05, 3.63) is 37.4 Å². The van der Waals surface area contributed by atoms with Gasteiger partial charge in [-0.25, -0.2) is 4.98 Å². The predicted octanol–water partition coefficient (Wildman–Crippen LogP) is 4.05. The highest BCUT2D eigenvalue weighted by molar-refractivity contribution is 9.10. The SMILES string of the molecule is COc1cc(OC)c(-c2nc3sc(C)c(C)c3c(=O)[nH]2)cc1Br. The maximum atomic E-state index is 12.4. The van der Waals surface area contributed by atoms with E-state index >= 15 is 0 Å². The van der Waals surface area contributed by atoms with E-state index in [1.165, 1.54) is 11.3 Å². The molecule has 23 heavy (non-hydrogen) atoms. The number of methoxy groups -OCH3 is 2. The molecule has 1 N–H and O–H groups in total. The van der Waals surface area contributed by atoms with Gasteiger partial charge < -0.3 is 14.5 Å². The van der Waals surface area contributed by atoms with E-state index in [0.717, 1.165) is 19.7 Å². The molecule has 0 saturated heterocycles. The highest BCUT2D eigenvalue weighted by Crippen LogP contribution is 2.38. The van der Waals surface area contributed by atoms with Crippen molar-refractivity contribution < 1.29 is 9.47 Å². The summed E-state index contributed by atoms with van der Waals surface area (Å²) in [4.78, 5) is 21.7. The van der Waals surface area contributed by atoms with E-state index in [1.54, 1.807) is 20.3 Å². The van der Waals surface area contributed by atoms with Gasteiger partial charge in [0.05, 0.1) is 29.6 Å². The summed E-state index contributed by atoms with van der Waals surface area (Å²) in [5.41, 5.74) is 1.54. The number of aromatic amines is 1. The largest absolute Gasteiger partial charge is 0.496 e. The molecule has 0 radical (unpaired) electrons. The lowest BCUT2D eigenvalue weighted by Gasteiger charge is -2.11. The van der Waals surface area contributed by atoms with Crippen LogP contribution in [-0.2, 0) is 0 Å². The first kappa shape index (κ1) is 16.0. The maximum absolute atomic E-state index is 12.4. The molecule has 0 atom stereocenters. The molecule has 120 valence electrons. The summed E-state index contributed by atoms with van der Waals surface area (Å²) in [5, 5.41) is 0.655. The van der Waals surface area contributed by atoms with Crippen molar-refractivity contribution in [2.24, 2.45) is 0 Å². The van der Waals surface area contributed by atoms with Gasteiger partial charge >= 0.3 is 0 Å². The number of hydrogen-bond acceptors (Lipinski definition) is 5. The van der Waals surface area contributed by atoms with Gasteiger partial charge in [0.1, 0.15) is 22.2 Å². The summed E-state index contributed by atoms with van der Waals surface area (Å²) < 4.78 is 11.5. The third kappa shape index (κ3) is 2.64. The van der Waals surface area contributed by atoms with Crippen molar-refractivity contribution >= 4 is 37.5 Å². The van der Waals surface area contributed by atoms with Crippen molar-refractivity contribution in [1.82, 2.24) is 9.97 Å². The fraction of sp³-hybridized carbons (Fsp3) is 0.250. The lowest BCUT2D eigenvalue weighted by atomic mass is 10.1. The lowest BCUT2D eigenvalue weighted by molar-refractivity contribution is 0.393. The molecule has 1 aromatic carbocycles. The number of rotatable bonds is 3. The zero-order chi connectivity index (χ0) is 16.7. The van der Waals surface area contributed by atoms with Gasteiger partial charge in [0.2, 0.25) is 0 Å². The van der Waals surface area contributed by atoms with Gasteiger partial charge in [-0.2, -0.15) is 0 Å². The van der Waals surface area contributed by atoms with E-state index in [4.69, 9.17) is 9.47 Å². The van der Waals surface area contributed by atoms with Crippen LogP contribution < -0.4 is 15.0 Å². The van der Waals surface area contributed by atoms with Gasteiger partial charge in [-0.15, -0.1) is 11.3 Å². The summed E-state index contributed by atoms with van der Waals surface area (Å²) in [6, 6.07) is 3.59. The van der Waals surface area contributed by atoms with Crippen LogP contribution in [0.2, 0.25) is 0 Å². The van der Waals surface area contributed by atoms with E-state index in [9.17, 15) is 4.79 Å². The first-order valence-electron chi connectivity index (χ1n) is 6.88. The molecule has 2 aromatic heterocycles. The number of hydrogen-bond donors (Lipinski definition) is 1. The summed E-state index contributed by atoms with van der Waals surface area (Å²) in [7, 11) is 3.16. The maximum Gasteiger partial charge on any atom is 0.260 e. The number of aromatic nitrogens is 2. The fourth-order valence-electron chi connectivity index (χ4n) is 2.43. The molecule has 0 aliphatic heterocycles. The molecule has 5 nitrogen and oxygen atoms in total. The van der Waals surface area contributed by atoms with Crippen LogP contribution in [0.1, 0.15) is 10.4 Å². The highest BCUT2D eigenvalue weighted by Gasteiger charge is 2.17. The topological polar surface area (TPSA) is 64.2 Å². The smallest absolute Gasteiger partial charge is 0.260 e. The van der Waals surface area contributed by atoms with Crippen LogP contribution in [0, 0.1) is 13.8 Å². The minimum absolute atomic E-state index is 0.138. The molecule has 0 aliphatic rings. The molecule has 0 fully saturated rings. The quantitative estimate of drug-likeness (QED) is 0.727. The molecular formula is C16H15BrN2O3S. The van der Waals surface area contributed by atoms with Crippen molar-refractivity contribution in [3.63, 3.8) is 0 Å². The number of benzene rings is 1.